The lowest BCUT2D eigenvalue weighted by Crippen LogP contribution is -2.24. The normalized spacial score (nSPS) is 11.4. The number of nitrogens with zero attached hydrogens (tertiary/aromatic N) is 2. The van der Waals surface area contributed by atoms with Gasteiger partial charge >= 0.3 is 5.97 Å². The highest BCUT2D eigenvalue weighted by molar-refractivity contribution is 7.89. The second-order valence-corrected chi connectivity index (χ2v) is 7.96. The van der Waals surface area contributed by atoms with Gasteiger partial charge in [0.15, 0.2) is 0 Å². The summed E-state index contributed by atoms with van der Waals surface area (Å²) in [7, 11) is -2.69. The van der Waals surface area contributed by atoms with Gasteiger partial charge in [0.1, 0.15) is 0 Å². The van der Waals surface area contributed by atoms with Crippen LogP contribution in [-0.2, 0) is 21.3 Å². The minimum atomic E-state index is -3.91. The Hall–Kier alpha value is -2.75. The summed E-state index contributed by atoms with van der Waals surface area (Å²) >= 11 is 6.09. The number of aryl methyl sites for hydroxylation is 1. The molecule has 0 aliphatic heterocycles. The molecular weight excluding hydrogens is 406 g/mol. The van der Waals surface area contributed by atoms with E-state index < -0.39 is 16.0 Å². The summed E-state index contributed by atoms with van der Waals surface area (Å²) in [4.78, 5) is 15.8. The van der Waals surface area contributed by atoms with Crippen LogP contribution in [0.15, 0.2) is 51.9 Å². The number of ether oxygens (including phenoxy) is 1. The van der Waals surface area contributed by atoms with Gasteiger partial charge in [-0.3, -0.25) is 0 Å². The third kappa shape index (κ3) is 4.22. The summed E-state index contributed by atoms with van der Waals surface area (Å²) < 4.78 is 37.2. The average Bonchev–Trinajstić information content (AvgIpc) is 3.15. The van der Waals surface area contributed by atoms with Crippen LogP contribution in [0.25, 0.3) is 11.4 Å². The first-order valence-corrected chi connectivity index (χ1v) is 9.94. The lowest BCUT2D eigenvalue weighted by Gasteiger charge is -2.08. The minimum absolute atomic E-state index is 0.0683. The van der Waals surface area contributed by atoms with Gasteiger partial charge in [-0.2, -0.15) is 4.98 Å². The van der Waals surface area contributed by atoms with Gasteiger partial charge in [-0.25, -0.2) is 17.9 Å². The molecule has 0 amide bonds. The van der Waals surface area contributed by atoms with Crippen molar-refractivity contribution in [3.63, 3.8) is 0 Å². The Morgan fingerprint density at radius 3 is 2.71 bits per heavy atom. The number of halogens is 1. The quantitative estimate of drug-likeness (QED) is 0.609. The molecule has 10 heteroatoms. The fraction of sp³-hybridized carbons (Fsp3) is 0.167. The van der Waals surface area contributed by atoms with Crippen LogP contribution in [0.3, 0.4) is 0 Å². The SMILES string of the molecule is COC(=O)c1cc(S(=O)(=O)NCc2nc(-c3ccccc3Cl)no2)ccc1C. The summed E-state index contributed by atoms with van der Waals surface area (Å²) in [6.07, 6.45) is 0. The fourth-order valence-corrected chi connectivity index (χ4v) is 3.64. The van der Waals surface area contributed by atoms with Crippen LogP contribution in [0.2, 0.25) is 5.02 Å². The molecule has 1 heterocycles. The number of sulfonamides is 1. The summed E-state index contributed by atoms with van der Waals surface area (Å²) in [5, 5.41) is 4.26. The van der Waals surface area contributed by atoms with Crippen LogP contribution >= 0.6 is 11.6 Å². The molecule has 0 bridgehead atoms. The number of hydrogen-bond acceptors (Lipinski definition) is 7. The number of carbonyl (C=O) groups excluding carboxylic acids is 1. The monoisotopic (exact) mass is 421 g/mol. The molecule has 0 atom stereocenters. The molecule has 0 saturated heterocycles. The zero-order valence-corrected chi connectivity index (χ0v) is 16.5. The van der Waals surface area contributed by atoms with Gasteiger partial charge in [0.05, 0.1) is 29.1 Å². The highest BCUT2D eigenvalue weighted by atomic mass is 35.5. The van der Waals surface area contributed by atoms with E-state index in [2.05, 4.69) is 19.6 Å². The molecule has 8 nitrogen and oxygen atoms in total. The number of hydrogen-bond donors (Lipinski definition) is 1. The second kappa shape index (κ2) is 8.09. The van der Waals surface area contributed by atoms with Crippen LogP contribution in [0, 0.1) is 6.92 Å². The Morgan fingerprint density at radius 1 is 1.25 bits per heavy atom. The maximum Gasteiger partial charge on any atom is 0.338 e. The Morgan fingerprint density at radius 2 is 2.00 bits per heavy atom. The summed E-state index contributed by atoms with van der Waals surface area (Å²) in [6, 6.07) is 11.1. The second-order valence-electron chi connectivity index (χ2n) is 5.78. The molecular formula is C18H16ClN3O5S. The highest BCUT2D eigenvalue weighted by Crippen LogP contribution is 2.25. The molecule has 146 valence electrons. The first-order valence-electron chi connectivity index (χ1n) is 8.08. The van der Waals surface area contributed by atoms with Crippen LogP contribution in [0.1, 0.15) is 21.8 Å². The van der Waals surface area contributed by atoms with Gasteiger partial charge in [0.25, 0.3) is 0 Å². The molecule has 0 aliphatic carbocycles. The molecule has 0 spiro atoms. The third-order valence-electron chi connectivity index (χ3n) is 3.92. The van der Waals surface area contributed by atoms with E-state index in [-0.39, 0.29) is 28.7 Å². The number of carbonyl (C=O) groups is 1. The highest BCUT2D eigenvalue weighted by Gasteiger charge is 2.20. The van der Waals surface area contributed by atoms with Crippen molar-refractivity contribution < 1.29 is 22.5 Å². The molecule has 1 N–H and O–H groups in total. The maximum atomic E-state index is 12.5. The molecule has 0 radical (unpaired) electrons. The summed E-state index contributed by atoms with van der Waals surface area (Å²) in [5.74, 6) is -0.294. The number of esters is 1. The van der Waals surface area contributed by atoms with Crippen LogP contribution in [0.5, 0.6) is 0 Å². The maximum absolute atomic E-state index is 12.5. The standard InChI is InChI=1S/C18H16ClN3O5S/c1-11-7-8-12(9-14(11)18(23)26-2)28(24,25)20-10-16-21-17(22-27-16)13-5-3-4-6-15(13)19/h3-9,20H,10H2,1-2H3. The molecule has 0 unspecified atom stereocenters. The predicted molar refractivity (Wildman–Crippen MR) is 101 cm³/mol. The summed E-state index contributed by atoms with van der Waals surface area (Å²) in [5.41, 5.74) is 1.35. The van der Waals surface area contributed by atoms with Gasteiger partial charge in [0, 0.05) is 5.56 Å². The smallest absolute Gasteiger partial charge is 0.338 e. The van der Waals surface area contributed by atoms with Crippen molar-refractivity contribution in [2.75, 3.05) is 7.11 Å². The molecule has 2 aromatic carbocycles. The first-order chi connectivity index (χ1) is 13.3. The van der Waals surface area contributed by atoms with E-state index in [1.165, 1.54) is 25.3 Å². The molecule has 3 aromatic rings. The Kier molecular flexibility index (Phi) is 5.78. The summed E-state index contributed by atoms with van der Waals surface area (Å²) in [6.45, 7) is 1.46. The van der Waals surface area contributed by atoms with E-state index in [1.54, 1.807) is 31.2 Å². The van der Waals surface area contributed by atoms with E-state index in [1.807, 2.05) is 0 Å². The van der Waals surface area contributed by atoms with E-state index in [0.29, 0.717) is 16.1 Å². The topological polar surface area (TPSA) is 111 Å². The van der Waals surface area contributed by atoms with Gasteiger partial charge in [-0.1, -0.05) is 35.0 Å². The Bertz CT molecular complexity index is 1130. The van der Waals surface area contributed by atoms with Gasteiger partial charge in [-0.15, -0.1) is 0 Å². The number of methoxy groups -OCH3 is 1. The molecule has 1 aromatic heterocycles. The molecule has 0 saturated carbocycles. The predicted octanol–water partition coefficient (Wildman–Crippen LogP) is 2.96. The number of aromatic nitrogens is 2. The van der Waals surface area contributed by atoms with Gasteiger partial charge in [0.2, 0.25) is 21.7 Å². The number of rotatable bonds is 6. The van der Waals surface area contributed by atoms with Crippen molar-refractivity contribution in [1.82, 2.24) is 14.9 Å². The van der Waals surface area contributed by atoms with Crippen molar-refractivity contribution in [1.29, 1.82) is 0 Å². The molecule has 28 heavy (non-hydrogen) atoms. The van der Waals surface area contributed by atoms with Crippen LogP contribution in [-0.4, -0.2) is 31.6 Å². The van der Waals surface area contributed by atoms with Crippen LogP contribution in [0.4, 0.5) is 0 Å². The first kappa shape index (κ1) is 20.0. The number of benzene rings is 2. The van der Waals surface area contributed by atoms with Gasteiger partial charge in [-0.05, 0) is 36.8 Å². The number of nitrogens with one attached hydrogen (secondary N) is 1. The molecule has 3 rings (SSSR count). The van der Waals surface area contributed by atoms with Crippen molar-refractivity contribution >= 4 is 27.6 Å². The van der Waals surface area contributed by atoms with Crippen molar-refractivity contribution in [3.05, 3.63) is 64.5 Å². The third-order valence-corrected chi connectivity index (χ3v) is 5.65. The van der Waals surface area contributed by atoms with E-state index in [4.69, 9.17) is 16.1 Å². The lowest BCUT2D eigenvalue weighted by atomic mass is 10.1. The van der Waals surface area contributed by atoms with Crippen molar-refractivity contribution in [2.24, 2.45) is 0 Å². The zero-order chi connectivity index (χ0) is 20.3. The van der Waals surface area contributed by atoms with Crippen molar-refractivity contribution in [2.45, 2.75) is 18.4 Å². The Labute approximate surface area is 166 Å². The lowest BCUT2D eigenvalue weighted by molar-refractivity contribution is 0.0599. The zero-order valence-electron chi connectivity index (χ0n) is 15.0. The van der Waals surface area contributed by atoms with Crippen molar-refractivity contribution in [3.8, 4) is 11.4 Å². The molecule has 0 aliphatic rings. The fourth-order valence-electron chi connectivity index (χ4n) is 2.42. The van der Waals surface area contributed by atoms with E-state index in [0.717, 1.165) is 0 Å². The Balaban J connectivity index is 1.78. The molecule has 0 fully saturated rings. The van der Waals surface area contributed by atoms with Gasteiger partial charge < -0.3 is 9.26 Å². The minimum Gasteiger partial charge on any atom is -0.465 e. The average molecular weight is 422 g/mol. The van der Waals surface area contributed by atoms with E-state index in [9.17, 15) is 13.2 Å². The van der Waals surface area contributed by atoms with Crippen LogP contribution < -0.4 is 4.72 Å². The van der Waals surface area contributed by atoms with E-state index >= 15 is 0 Å². The largest absolute Gasteiger partial charge is 0.465 e.